The van der Waals surface area contributed by atoms with Crippen LogP contribution in [0.3, 0.4) is 0 Å². The number of aromatic nitrogens is 3. The smallest absolute Gasteiger partial charge is 0.234 e. The summed E-state index contributed by atoms with van der Waals surface area (Å²) in [5.41, 5.74) is 14.9. The zero-order valence-electron chi connectivity index (χ0n) is 21.2. The molecule has 9 nitrogen and oxygen atoms in total. The number of amides is 1. The third-order valence-corrected chi connectivity index (χ3v) is 8.28. The number of carbonyl (C=O) groups is 1. The van der Waals surface area contributed by atoms with E-state index < -0.39 is 0 Å². The van der Waals surface area contributed by atoms with Gasteiger partial charge in [0.15, 0.2) is 0 Å². The SMILES string of the molecule is NC(=O)[C@H]1CCCN1CC1CC(n2cc(-c3cccc(OCC4CCCCO4)c3)c3c(N)ncnc32)C1. The van der Waals surface area contributed by atoms with Gasteiger partial charge in [0.25, 0.3) is 0 Å². The minimum absolute atomic E-state index is 0.107. The fraction of sp³-hybridized carbons (Fsp3) is 0.536. The second-order valence-corrected chi connectivity index (χ2v) is 10.8. The Morgan fingerprint density at radius 2 is 2.05 bits per heavy atom. The number of rotatable bonds is 8. The molecule has 9 heteroatoms. The topological polar surface area (TPSA) is 122 Å². The predicted octanol–water partition coefficient (Wildman–Crippen LogP) is 3.53. The van der Waals surface area contributed by atoms with E-state index >= 15 is 0 Å². The number of nitrogens with two attached hydrogens (primary N) is 2. The van der Waals surface area contributed by atoms with Gasteiger partial charge in [0.2, 0.25) is 5.91 Å². The minimum atomic E-state index is -0.195. The first-order valence-electron chi connectivity index (χ1n) is 13.6. The van der Waals surface area contributed by atoms with Crippen molar-refractivity contribution in [2.75, 3.05) is 32.0 Å². The van der Waals surface area contributed by atoms with Crippen molar-refractivity contribution in [2.24, 2.45) is 11.7 Å². The summed E-state index contributed by atoms with van der Waals surface area (Å²) in [6.45, 7) is 3.27. The first-order valence-corrected chi connectivity index (χ1v) is 13.6. The highest BCUT2D eigenvalue weighted by atomic mass is 16.5. The Labute approximate surface area is 217 Å². The number of benzene rings is 1. The van der Waals surface area contributed by atoms with Crippen LogP contribution in [0.15, 0.2) is 36.8 Å². The summed E-state index contributed by atoms with van der Waals surface area (Å²) < 4.78 is 14.2. The Morgan fingerprint density at radius 1 is 1.16 bits per heavy atom. The molecule has 1 aromatic carbocycles. The van der Waals surface area contributed by atoms with Gasteiger partial charge in [0.05, 0.1) is 17.5 Å². The molecular weight excluding hydrogens is 468 g/mol. The van der Waals surface area contributed by atoms with Crippen molar-refractivity contribution in [2.45, 2.75) is 63.1 Å². The fourth-order valence-electron chi connectivity index (χ4n) is 6.26. The lowest BCUT2D eigenvalue weighted by Crippen LogP contribution is -2.44. The van der Waals surface area contributed by atoms with E-state index in [9.17, 15) is 4.79 Å². The number of primary amides is 1. The van der Waals surface area contributed by atoms with Gasteiger partial charge in [-0.3, -0.25) is 9.69 Å². The third-order valence-electron chi connectivity index (χ3n) is 8.28. The molecule has 1 unspecified atom stereocenters. The van der Waals surface area contributed by atoms with E-state index in [1.54, 1.807) is 6.33 Å². The van der Waals surface area contributed by atoms with Crippen LogP contribution in [0.1, 0.15) is 51.0 Å². The second-order valence-electron chi connectivity index (χ2n) is 10.8. The Hall–Kier alpha value is -3.17. The van der Waals surface area contributed by atoms with Gasteiger partial charge in [0.1, 0.15) is 30.1 Å². The zero-order chi connectivity index (χ0) is 25.4. The van der Waals surface area contributed by atoms with Crippen LogP contribution < -0.4 is 16.2 Å². The predicted molar refractivity (Wildman–Crippen MR) is 142 cm³/mol. The Bertz CT molecular complexity index is 1260. The van der Waals surface area contributed by atoms with Gasteiger partial charge in [-0.15, -0.1) is 0 Å². The number of fused-ring (bicyclic) bond motifs is 1. The van der Waals surface area contributed by atoms with E-state index in [-0.39, 0.29) is 18.1 Å². The molecule has 0 radical (unpaired) electrons. The second kappa shape index (κ2) is 10.3. The van der Waals surface area contributed by atoms with Crippen molar-refractivity contribution in [3.63, 3.8) is 0 Å². The normalized spacial score (nSPS) is 26.3. The molecule has 3 aromatic rings. The number of hydrogen-bond donors (Lipinski definition) is 2. The average molecular weight is 505 g/mol. The molecule has 2 aliphatic heterocycles. The van der Waals surface area contributed by atoms with E-state index in [0.717, 1.165) is 86.1 Å². The molecule has 1 aliphatic carbocycles. The fourth-order valence-corrected chi connectivity index (χ4v) is 6.26. The van der Waals surface area contributed by atoms with Crippen molar-refractivity contribution >= 4 is 22.8 Å². The summed E-state index contributed by atoms with van der Waals surface area (Å²) >= 11 is 0. The maximum absolute atomic E-state index is 11.8. The van der Waals surface area contributed by atoms with E-state index in [2.05, 4.69) is 37.8 Å². The van der Waals surface area contributed by atoms with Gasteiger partial charge in [-0.25, -0.2) is 9.97 Å². The molecule has 6 rings (SSSR count). The zero-order valence-corrected chi connectivity index (χ0v) is 21.2. The van der Waals surface area contributed by atoms with Crippen molar-refractivity contribution in [1.29, 1.82) is 0 Å². The molecule has 2 atom stereocenters. The average Bonchev–Trinajstić information content (AvgIpc) is 3.51. The number of nitrogen functional groups attached to an aromatic ring is 1. The van der Waals surface area contributed by atoms with Gasteiger partial charge in [-0.05, 0) is 75.1 Å². The van der Waals surface area contributed by atoms with Crippen LogP contribution in [0.5, 0.6) is 5.75 Å². The molecular formula is C28H36N6O3. The monoisotopic (exact) mass is 504 g/mol. The maximum atomic E-state index is 11.8. The van der Waals surface area contributed by atoms with Crippen LogP contribution in [0.2, 0.25) is 0 Å². The lowest BCUT2D eigenvalue weighted by Gasteiger charge is -2.39. The number of hydrogen-bond acceptors (Lipinski definition) is 7. The number of likely N-dealkylation sites (tertiary alicyclic amines) is 1. The first-order chi connectivity index (χ1) is 18.1. The molecule has 1 saturated carbocycles. The molecule has 196 valence electrons. The largest absolute Gasteiger partial charge is 0.491 e. The quantitative estimate of drug-likeness (QED) is 0.481. The van der Waals surface area contributed by atoms with Crippen molar-refractivity contribution in [1.82, 2.24) is 19.4 Å². The lowest BCUT2D eigenvalue weighted by atomic mass is 9.79. The number of carbonyl (C=O) groups excluding carboxylic acids is 1. The van der Waals surface area contributed by atoms with Gasteiger partial charge >= 0.3 is 0 Å². The van der Waals surface area contributed by atoms with E-state index in [1.807, 2.05) is 12.1 Å². The standard InChI is InChI=1S/C28H36N6O3/c29-26-25-23(19-5-3-7-21(13-19)37-16-22-6-1-2-10-36-22)15-34(28(25)32-17-31-26)20-11-18(12-20)14-33-9-4-8-24(33)27(30)35/h3,5,7,13,15,17-18,20,22,24H,1-2,4,6,8-12,14,16H2,(H2,30,35)(H2,29,31,32)/t18?,20?,22?,24-/m1/s1. The van der Waals surface area contributed by atoms with E-state index in [4.69, 9.17) is 20.9 Å². The molecule has 4 heterocycles. The highest BCUT2D eigenvalue weighted by Gasteiger charge is 2.37. The molecule has 4 N–H and O–H groups in total. The van der Waals surface area contributed by atoms with Crippen LogP contribution in [-0.4, -0.2) is 63.8 Å². The van der Waals surface area contributed by atoms with Crippen LogP contribution >= 0.6 is 0 Å². The maximum Gasteiger partial charge on any atom is 0.234 e. The summed E-state index contributed by atoms with van der Waals surface area (Å²) in [7, 11) is 0. The van der Waals surface area contributed by atoms with Gasteiger partial charge in [-0.2, -0.15) is 0 Å². The summed E-state index contributed by atoms with van der Waals surface area (Å²) in [5.74, 6) is 1.65. The molecule has 1 amide bonds. The van der Waals surface area contributed by atoms with E-state index in [0.29, 0.717) is 24.4 Å². The van der Waals surface area contributed by atoms with Crippen molar-refractivity contribution in [3.8, 4) is 16.9 Å². The van der Waals surface area contributed by atoms with Gasteiger partial charge in [-0.1, -0.05) is 12.1 Å². The first kappa shape index (κ1) is 24.2. The molecule has 2 aromatic heterocycles. The van der Waals surface area contributed by atoms with Crippen LogP contribution in [0, 0.1) is 5.92 Å². The molecule has 0 bridgehead atoms. The third kappa shape index (κ3) is 4.90. The summed E-state index contributed by atoms with van der Waals surface area (Å²) in [6.07, 6.45) is 11.2. The van der Waals surface area contributed by atoms with Crippen LogP contribution in [-0.2, 0) is 9.53 Å². The van der Waals surface area contributed by atoms with Crippen molar-refractivity contribution < 1.29 is 14.3 Å². The summed E-state index contributed by atoms with van der Waals surface area (Å²) in [4.78, 5) is 23.0. The summed E-state index contributed by atoms with van der Waals surface area (Å²) in [6, 6.07) is 8.38. The molecule has 3 aliphatic rings. The molecule has 0 spiro atoms. The van der Waals surface area contributed by atoms with Crippen LogP contribution in [0.4, 0.5) is 5.82 Å². The Morgan fingerprint density at radius 3 is 2.86 bits per heavy atom. The molecule has 37 heavy (non-hydrogen) atoms. The van der Waals surface area contributed by atoms with E-state index in [1.165, 1.54) is 6.42 Å². The number of anilines is 1. The van der Waals surface area contributed by atoms with Gasteiger partial charge in [0, 0.05) is 31.0 Å². The minimum Gasteiger partial charge on any atom is -0.491 e. The Kier molecular flexibility index (Phi) is 6.73. The Balaban J connectivity index is 1.20. The number of nitrogens with zero attached hydrogens (tertiary/aromatic N) is 4. The molecule has 2 saturated heterocycles. The highest BCUT2D eigenvalue weighted by Crippen LogP contribution is 2.44. The molecule has 3 fully saturated rings. The number of ether oxygens (including phenoxy) is 2. The van der Waals surface area contributed by atoms with Crippen molar-refractivity contribution in [3.05, 3.63) is 36.8 Å². The van der Waals surface area contributed by atoms with Gasteiger partial charge < -0.3 is 25.5 Å². The lowest BCUT2D eigenvalue weighted by molar-refractivity contribution is -0.122. The summed E-state index contributed by atoms with van der Waals surface area (Å²) in [5, 5.41) is 0.882. The van der Waals surface area contributed by atoms with Crippen LogP contribution in [0.25, 0.3) is 22.2 Å². The highest BCUT2D eigenvalue weighted by molar-refractivity contribution is 6.00.